The van der Waals surface area contributed by atoms with Gasteiger partial charge in [-0.05, 0) is 23.5 Å². The summed E-state index contributed by atoms with van der Waals surface area (Å²) in [5.74, 6) is 2.01. The third kappa shape index (κ3) is 3.54. The van der Waals surface area contributed by atoms with Crippen LogP contribution in [0.15, 0.2) is 30.3 Å². The standard InChI is InChI=1S/C15H20N2O2S/c1-2-20-10-6-9-17-13(18)11-16-15(19)14(17)12-7-4-3-5-8-12/h3-5,7-8,14H,2,6,9-11H2,1H3,(H,16,19). The first-order valence-electron chi connectivity index (χ1n) is 6.94. The fourth-order valence-electron chi connectivity index (χ4n) is 2.35. The maximum Gasteiger partial charge on any atom is 0.247 e. The average Bonchev–Trinajstić information content (AvgIpc) is 2.48. The predicted molar refractivity (Wildman–Crippen MR) is 81.5 cm³/mol. The molecule has 0 aliphatic carbocycles. The van der Waals surface area contributed by atoms with Crippen LogP contribution in [-0.4, -0.2) is 41.3 Å². The molecule has 1 aromatic rings. The second-order valence-corrected chi connectivity index (χ2v) is 6.06. The van der Waals surface area contributed by atoms with Gasteiger partial charge in [0.25, 0.3) is 0 Å². The molecule has 2 rings (SSSR count). The first-order chi connectivity index (χ1) is 9.74. The molecule has 2 amide bonds. The maximum absolute atomic E-state index is 12.1. The van der Waals surface area contributed by atoms with E-state index in [0.717, 1.165) is 23.5 Å². The predicted octanol–water partition coefficient (Wildman–Crippen LogP) is 1.83. The topological polar surface area (TPSA) is 49.4 Å². The molecule has 1 unspecified atom stereocenters. The third-order valence-electron chi connectivity index (χ3n) is 3.30. The highest BCUT2D eigenvalue weighted by Crippen LogP contribution is 2.24. The van der Waals surface area contributed by atoms with Gasteiger partial charge in [0.2, 0.25) is 11.8 Å². The van der Waals surface area contributed by atoms with Crippen LogP contribution < -0.4 is 5.32 Å². The molecular weight excluding hydrogens is 272 g/mol. The number of benzene rings is 1. The van der Waals surface area contributed by atoms with Crippen molar-refractivity contribution >= 4 is 23.6 Å². The first-order valence-corrected chi connectivity index (χ1v) is 8.09. The van der Waals surface area contributed by atoms with Crippen LogP contribution in [0.3, 0.4) is 0 Å². The molecular formula is C15H20N2O2S. The zero-order valence-electron chi connectivity index (χ0n) is 11.7. The van der Waals surface area contributed by atoms with E-state index in [9.17, 15) is 9.59 Å². The van der Waals surface area contributed by atoms with Gasteiger partial charge in [-0.3, -0.25) is 9.59 Å². The summed E-state index contributed by atoms with van der Waals surface area (Å²) >= 11 is 1.86. The molecule has 108 valence electrons. The molecule has 1 aromatic carbocycles. The van der Waals surface area contributed by atoms with Crippen LogP contribution in [-0.2, 0) is 9.59 Å². The summed E-state index contributed by atoms with van der Waals surface area (Å²) in [5.41, 5.74) is 0.876. The number of nitrogens with zero attached hydrogens (tertiary/aromatic N) is 1. The lowest BCUT2D eigenvalue weighted by Gasteiger charge is -2.35. The van der Waals surface area contributed by atoms with Crippen molar-refractivity contribution in [3.63, 3.8) is 0 Å². The lowest BCUT2D eigenvalue weighted by Crippen LogP contribution is -2.53. The number of hydrogen-bond donors (Lipinski definition) is 1. The van der Waals surface area contributed by atoms with Gasteiger partial charge in [0, 0.05) is 6.54 Å². The Bertz CT molecular complexity index is 464. The van der Waals surface area contributed by atoms with E-state index < -0.39 is 6.04 Å². The second-order valence-electron chi connectivity index (χ2n) is 4.67. The van der Waals surface area contributed by atoms with E-state index in [0.29, 0.717) is 6.54 Å². The van der Waals surface area contributed by atoms with Gasteiger partial charge in [0.05, 0.1) is 6.54 Å². The van der Waals surface area contributed by atoms with E-state index in [1.165, 1.54) is 0 Å². The minimum atomic E-state index is -0.482. The summed E-state index contributed by atoms with van der Waals surface area (Å²) in [7, 11) is 0. The molecule has 1 aliphatic rings. The van der Waals surface area contributed by atoms with Gasteiger partial charge in [-0.2, -0.15) is 11.8 Å². The van der Waals surface area contributed by atoms with Crippen molar-refractivity contribution in [3.8, 4) is 0 Å². The number of piperazine rings is 1. The van der Waals surface area contributed by atoms with Gasteiger partial charge >= 0.3 is 0 Å². The van der Waals surface area contributed by atoms with E-state index in [4.69, 9.17) is 0 Å². The Morgan fingerprint density at radius 2 is 2.05 bits per heavy atom. The third-order valence-corrected chi connectivity index (χ3v) is 4.29. The number of carbonyl (C=O) groups excluding carboxylic acids is 2. The molecule has 5 heteroatoms. The molecule has 1 saturated heterocycles. The van der Waals surface area contributed by atoms with Crippen LogP contribution in [0.25, 0.3) is 0 Å². The van der Waals surface area contributed by atoms with E-state index in [1.54, 1.807) is 4.90 Å². The molecule has 1 atom stereocenters. The van der Waals surface area contributed by atoms with Crippen molar-refractivity contribution in [1.29, 1.82) is 0 Å². The smallest absolute Gasteiger partial charge is 0.247 e. The van der Waals surface area contributed by atoms with Crippen molar-refractivity contribution in [2.75, 3.05) is 24.6 Å². The van der Waals surface area contributed by atoms with Crippen molar-refractivity contribution in [1.82, 2.24) is 10.2 Å². The number of carbonyl (C=O) groups is 2. The second kappa shape index (κ2) is 7.33. The molecule has 1 heterocycles. The SMILES string of the molecule is CCSCCCN1C(=O)CNC(=O)C1c1ccccc1. The molecule has 4 nitrogen and oxygen atoms in total. The number of amides is 2. The van der Waals surface area contributed by atoms with Crippen LogP contribution >= 0.6 is 11.8 Å². The molecule has 0 bridgehead atoms. The van der Waals surface area contributed by atoms with E-state index >= 15 is 0 Å². The lowest BCUT2D eigenvalue weighted by atomic mass is 10.0. The van der Waals surface area contributed by atoms with E-state index in [-0.39, 0.29) is 18.4 Å². The Hall–Kier alpha value is -1.49. The molecule has 0 radical (unpaired) electrons. The van der Waals surface area contributed by atoms with Crippen LogP contribution in [0.2, 0.25) is 0 Å². The average molecular weight is 292 g/mol. The van der Waals surface area contributed by atoms with Crippen LogP contribution in [0.1, 0.15) is 24.9 Å². The van der Waals surface area contributed by atoms with Crippen LogP contribution in [0.5, 0.6) is 0 Å². The van der Waals surface area contributed by atoms with Crippen LogP contribution in [0, 0.1) is 0 Å². The van der Waals surface area contributed by atoms with E-state index in [1.807, 2.05) is 42.1 Å². The summed E-state index contributed by atoms with van der Waals surface area (Å²) in [5, 5.41) is 2.68. The summed E-state index contributed by atoms with van der Waals surface area (Å²) < 4.78 is 0. The zero-order chi connectivity index (χ0) is 14.4. The number of hydrogen-bond acceptors (Lipinski definition) is 3. The Morgan fingerprint density at radius 3 is 2.75 bits per heavy atom. The summed E-state index contributed by atoms with van der Waals surface area (Å²) in [6.07, 6.45) is 0.918. The van der Waals surface area contributed by atoms with Gasteiger partial charge in [0.1, 0.15) is 6.04 Å². The minimum absolute atomic E-state index is 0.0000449. The van der Waals surface area contributed by atoms with Crippen molar-refractivity contribution in [2.45, 2.75) is 19.4 Å². The first kappa shape index (κ1) is 14.9. The van der Waals surface area contributed by atoms with Gasteiger partial charge in [0.15, 0.2) is 0 Å². The lowest BCUT2D eigenvalue weighted by molar-refractivity contribution is -0.145. The minimum Gasteiger partial charge on any atom is -0.345 e. The monoisotopic (exact) mass is 292 g/mol. The van der Waals surface area contributed by atoms with Gasteiger partial charge in [-0.1, -0.05) is 37.3 Å². The molecule has 0 aromatic heterocycles. The highest BCUT2D eigenvalue weighted by Gasteiger charge is 2.34. The molecule has 20 heavy (non-hydrogen) atoms. The van der Waals surface area contributed by atoms with Crippen molar-refractivity contribution in [2.24, 2.45) is 0 Å². The number of nitrogens with one attached hydrogen (secondary N) is 1. The quantitative estimate of drug-likeness (QED) is 0.814. The zero-order valence-corrected chi connectivity index (χ0v) is 12.5. The van der Waals surface area contributed by atoms with Gasteiger partial charge in [-0.25, -0.2) is 0 Å². The van der Waals surface area contributed by atoms with E-state index in [2.05, 4.69) is 12.2 Å². The maximum atomic E-state index is 12.1. The fraction of sp³-hybridized carbons (Fsp3) is 0.467. The molecule has 1 fully saturated rings. The van der Waals surface area contributed by atoms with Crippen LogP contribution in [0.4, 0.5) is 0 Å². The molecule has 0 saturated carbocycles. The Morgan fingerprint density at radius 1 is 1.30 bits per heavy atom. The highest BCUT2D eigenvalue weighted by molar-refractivity contribution is 7.99. The number of thioether (sulfide) groups is 1. The Kier molecular flexibility index (Phi) is 5.47. The largest absolute Gasteiger partial charge is 0.345 e. The van der Waals surface area contributed by atoms with Crippen molar-refractivity contribution < 1.29 is 9.59 Å². The van der Waals surface area contributed by atoms with Crippen molar-refractivity contribution in [3.05, 3.63) is 35.9 Å². The summed E-state index contributed by atoms with van der Waals surface area (Å²) in [6, 6.07) is 9.02. The molecule has 1 aliphatic heterocycles. The molecule has 0 spiro atoms. The number of rotatable bonds is 6. The summed E-state index contributed by atoms with van der Waals surface area (Å²) in [6.45, 7) is 2.87. The normalized spacial score (nSPS) is 19.1. The highest BCUT2D eigenvalue weighted by atomic mass is 32.2. The summed E-state index contributed by atoms with van der Waals surface area (Å²) in [4.78, 5) is 25.9. The van der Waals surface area contributed by atoms with Gasteiger partial charge < -0.3 is 10.2 Å². The Balaban J connectivity index is 2.11. The fourth-order valence-corrected chi connectivity index (χ4v) is 2.97. The molecule has 1 N–H and O–H groups in total. The van der Waals surface area contributed by atoms with Gasteiger partial charge in [-0.15, -0.1) is 0 Å². The Labute approximate surface area is 123 Å².